The quantitative estimate of drug-likeness (QED) is 0.741. The van der Waals surface area contributed by atoms with Gasteiger partial charge in [0, 0.05) is 12.5 Å². The molecule has 2 N–H and O–H groups in total. The molecule has 1 atom stereocenters. The number of aliphatic carboxylic acids is 1. The summed E-state index contributed by atoms with van der Waals surface area (Å²) in [6.45, 7) is 2.78. The normalized spacial score (nSPS) is 11.5. The van der Waals surface area contributed by atoms with Crippen LogP contribution in [-0.2, 0) is 20.7 Å². The lowest BCUT2D eigenvalue weighted by atomic mass is 10.0. The predicted molar refractivity (Wildman–Crippen MR) is 76.0 cm³/mol. The Hall–Kier alpha value is -2.37. The first-order valence-corrected chi connectivity index (χ1v) is 6.70. The van der Waals surface area contributed by atoms with E-state index >= 15 is 0 Å². The van der Waals surface area contributed by atoms with Crippen LogP contribution in [0.25, 0.3) is 0 Å². The number of carbonyl (C=O) groups is 3. The second kappa shape index (κ2) is 8.04. The van der Waals surface area contributed by atoms with Crippen LogP contribution in [0, 0.1) is 0 Å². The molecule has 1 aromatic carbocycles. The molecule has 1 rings (SSSR count). The minimum absolute atomic E-state index is 0.396. The molecule has 0 fully saturated rings. The lowest BCUT2D eigenvalue weighted by Crippen LogP contribution is -2.44. The number of rotatable bonds is 7. The lowest BCUT2D eigenvalue weighted by molar-refractivity contribution is -0.146. The number of carboxylic acid groups (broad SMARTS) is 1. The van der Waals surface area contributed by atoms with E-state index in [4.69, 9.17) is 5.11 Å². The van der Waals surface area contributed by atoms with Crippen LogP contribution in [0.3, 0.4) is 0 Å². The maximum atomic E-state index is 12.2. The molecule has 21 heavy (non-hydrogen) atoms. The number of carbonyl (C=O) groups excluding carboxylic acids is 2. The van der Waals surface area contributed by atoms with Crippen molar-refractivity contribution < 1.29 is 24.2 Å². The van der Waals surface area contributed by atoms with Gasteiger partial charge in [0.25, 0.3) is 5.91 Å². The van der Waals surface area contributed by atoms with Gasteiger partial charge in [-0.15, -0.1) is 0 Å². The van der Waals surface area contributed by atoms with E-state index in [2.05, 4.69) is 10.1 Å². The fourth-order valence-corrected chi connectivity index (χ4v) is 1.84. The molecular formula is C15H19NO5. The molecule has 114 valence electrons. The first-order chi connectivity index (χ1) is 9.95. The topological polar surface area (TPSA) is 92.7 Å². The highest BCUT2D eigenvalue weighted by atomic mass is 16.5. The van der Waals surface area contributed by atoms with Crippen LogP contribution in [0.4, 0.5) is 0 Å². The van der Waals surface area contributed by atoms with E-state index in [0.717, 1.165) is 18.4 Å². The van der Waals surface area contributed by atoms with Crippen LogP contribution in [0.15, 0.2) is 24.3 Å². The zero-order valence-electron chi connectivity index (χ0n) is 12.1. The third-order valence-electron chi connectivity index (χ3n) is 2.84. The Morgan fingerprint density at radius 3 is 2.52 bits per heavy atom. The molecule has 0 aliphatic carbocycles. The van der Waals surface area contributed by atoms with Gasteiger partial charge >= 0.3 is 11.9 Å². The highest BCUT2D eigenvalue weighted by molar-refractivity contribution is 5.97. The number of hydrogen-bond donors (Lipinski definition) is 2. The number of carboxylic acids is 1. The van der Waals surface area contributed by atoms with Crippen LogP contribution in [0.1, 0.15) is 36.2 Å². The summed E-state index contributed by atoms with van der Waals surface area (Å²) in [7, 11) is 0. The second-order valence-electron chi connectivity index (χ2n) is 4.57. The van der Waals surface area contributed by atoms with E-state index in [1.165, 1.54) is 6.92 Å². The molecule has 0 radical (unpaired) electrons. The smallest absolute Gasteiger partial charge is 0.329 e. The molecule has 0 saturated carbocycles. The average Bonchev–Trinajstić information content (AvgIpc) is 2.43. The maximum absolute atomic E-state index is 12.2. The van der Waals surface area contributed by atoms with E-state index in [1.54, 1.807) is 12.1 Å². The Morgan fingerprint density at radius 1 is 1.29 bits per heavy atom. The Morgan fingerprint density at radius 2 is 1.95 bits per heavy atom. The summed E-state index contributed by atoms with van der Waals surface area (Å²) in [5.41, 5.74) is 1.29. The molecular weight excluding hydrogens is 274 g/mol. The van der Waals surface area contributed by atoms with Crippen LogP contribution in [0.5, 0.6) is 0 Å². The Labute approximate surface area is 123 Å². The van der Waals surface area contributed by atoms with E-state index in [-0.39, 0.29) is 0 Å². The SMILES string of the molecule is CCCc1ccccc1C(=O)N[C@@H](COC(C)=O)C(=O)O. The zero-order valence-corrected chi connectivity index (χ0v) is 12.1. The van der Waals surface area contributed by atoms with Gasteiger partial charge in [0.15, 0.2) is 6.04 Å². The first-order valence-electron chi connectivity index (χ1n) is 6.70. The molecule has 0 aliphatic rings. The van der Waals surface area contributed by atoms with Gasteiger partial charge in [0.05, 0.1) is 0 Å². The number of nitrogens with one attached hydrogen (secondary N) is 1. The van der Waals surface area contributed by atoms with Crippen LogP contribution < -0.4 is 5.32 Å². The molecule has 0 aromatic heterocycles. The average molecular weight is 293 g/mol. The maximum Gasteiger partial charge on any atom is 0.329 e. The molecule has 6 nitrogen and oxygen atoms in total. The summed E-state index contributed by atoms with van der Waals surface area (Å²) >= 11 is 0. The van der Waals surface area contributed by atoms with Crippen LogP contribution >= 0.6 is 0 Å². The summed E-state index contributed by atoms with van der Waals surface area (Å²) in [5.74, 6) is -2.34. The summed E-state index contributed by atoms with van der Waals surface area (Å²) < 4.78 is 4.65. The minimum Gasteiger partial charge on any atom is -0.480 e. The fraction of sp³-hybridized carbons (Fsp3) is 0.400. The van der Waals surface area contributed by atoms with Crippen molar-refractivity contribution in [2.24, 2.45) is 0 Å². The molecule has 0 heterocycles. The molecule has 0 aliphatic heterocycles. The molecule has 6 heteroatoms. The van der Waals surface area contributed by atoms with E-state index in [1.807, 2.05) is 19.1 Å². The van der Waals surface area contributed by atoms with Gasteiger partial charge in [0.2, 0.25) is 0 Å². The van der Waals surface area contributed by atoms with Crippen molar-refractivity contribution in [2.45, 2.75) is 32.7 Å². The van der Waals surface area contributed by atoms with Gasteiger partial charge in [-0.05, 0) is 18.1 Å². The summed E-state index contributed by atoms with van der Waals surface area (Å²) in [6, 6.07) is 5.76. The molecule has 1 aromatic rings. The summed E-state index contributed by atoms with van der Waals surface area (Å²) in [5, 5.41) is 11.4. The standard InChI is InChI=1S/C15H19NO5/c1-3-6-11-7-4-5-8-12(11)14(18)16-13(15(19)20)9-21-10(2)17/h4-5,7-8,13H,3,6,9H2,1-2H3,(H,16,18)(H,19,20)/t13-/m0/s1. The summed E-state index contributed by atoms with van der Waals surface area (Å²) in [6.07, 6.45) is 1.60. The van der Waals surface area contributed by atoms with Crippen molar-refractivity contribution in [3.05, 3.63) is 35.4 Å². The number of hydrogen-bond acceptors (Lipinski definition) is 4. The van der Waals surface area contributed by atoms with Crippen molar-refractivity contribution in [3.63, 3.8) is 0 Å². The number of aryl methyl sites for hydroxylation is 1. The van der Waals surface area contributed by atoms with Crippen LogP contribution in [-0.4, -0.2) is 35.6 Å². The van der Waals surface area contributed by atoms with Gasteiger partial charge in [-0.2, -0.15) is 0 Å². The van der Waals surface area contributed by atoms with Crippen molar-refractivity contribution in [3.8, 4) is 0 Å². The highest BCUT2D eigenvalue weighted by Gasteiger charge is 2.22. The van der Waals surface area contributed by atoms with E-state index < -0.39 is 30.5 Å². The number of esters is 1. The van der Waals surface area contributed by atoms with E-state index in [9.17, 15) is 14.4 Å². The van der Waals surface area contributed by atoms with Crippen molar-refractivity contribution in [1.29, 1.82) is 0 Å². The molecule has 0 saturated heterocycles. The van der Waals surface area contributed by atoms with E-state index in [0.29, 0.717) is 5.56 Å². The summed E-state index contributed by atoms with van der Waals surface area (Å²) in [4.78, 5) is 34.0. The molecule has 0 unspecified atom stereocenters. The monoisotopic (exact) mass is 293 g/mol. The second-order valence-corrected chi connectivity index (χ2v) is 4.57. The first kappa shape index (κ1) is 16.7. The third kappa shape index (κ3) is 5.25. The molecule has 1 amide bonds. The van der Waals surface area contributed by atoms with Crippen LogP contribution in [0.2, 0.25) is 0 Å². The largest absolute Gasteiger partial charge is 0.480 e. The fourth-order valence-electron chi connectivity index (χ4n) is 1.84. The van der Waals surface area contributed by atoms with Gasteiger partial charge in [0.1, 0.15) is 6.61 Å². The number of benzene rings is 1. The van der Waals surface area contributed by atoms with Gasteiger partial charge in [-0.3, -0.25) is 9.59 Å². The van der Waals surface area contributed by atoms with Gasteiger partial charge in [-0.25, -0.2) is 4.79 Å². The highest BCUT2D eigenvalue weighted by Crippen LogP contribution is 2.11. The number of amides is 1. The Balaban J connectivity index is 2.82. The molecule has 0 spiro atoms. The minimum atomic E-state index is -1.27. The van der Waals surface area contributed by atoms with Gasteiger partial charge < -0.3 is 15.2 Å². The Bertz CT molecular complexity index is 527. The zero-order chi connectivity index (χ0) is 15.8. The third-order valence-corrected chi connectivity index (χ3v) is 2.84. The predicted octanol–water partition coefficient (Wildman–Crippen LogP) is 1.39. The molecule has 0 bridgehead atoms. The van der Waals surface area contributed by atoms with Gasteiger partial charge in [-0.1, -0.05) is 31.5 Å². The van der Waals surface area contributed by atoms with Crippen molar-refractivity contribution in [2.75, 3.05) is 6.61 Å². The number of ether oxygens (including phenoxy) is 1. The van der Waals surface area contributed by atoms with Crippen molar-refractivity contribution in [1.82, 2.24) is 5.32 Å². The van der Waals surface area contributed by atoms with Crippen molar-refractivity contribution >= 4 is 17.8 Å². The Kier molecular flexibility index (Phi) is 6.39. The lowest BCUT2D eigenvalue weighted by Gasteiger charge is -2.15.